The molecule has 1 heterocycles. The van der Waals surface area contributed by atoms with Crippen molar-refractivity contribution in [3.8, 4) is 11.8 Å². The van der Waals surface area contributed by atoms with Gasteiger partial charge in [0.05, 0.1) is 12.2 Å². The Labute approximate surface area is 97.9 Å². The summed E-state index contributed by atoms with van der Waals surface area (Å²) in [4.78, 5) is 11.0. The molecule has 1 rings (SSSR count). The van der Waals surface area contributed by atoms with Crippen molar-refractivity contribution in [2.45, 2.75) is 13.3 Å². The maximum atomic E-state index is 11.0. The molecular weight excluding hydrogens is 230 g/mol. The van der Waals surface area contributed by atoms with Crippen molar-refractivity contribution in [1.29, 1.82) is 0 Å². The smallest absolute Gasteiger partial charge is 0.317 e. The summed E-state index contributed by atoms with van der Waals surface area (Å²) in [5, 5.41) is 7.34. The first-order chi connectivity index (χ1) is 7.63. The van der Waals surface area contributed by atoms with Gasteiger partial charge in [-0.15, -0.1) is 10.2 Å². The van der Waals surface area contributed by atoms with Crippen molar-refractivity contribution < 1.29 is 9.53 Å². The highest BCUT2D eigenvalue weighted by Crippen LogP contribution is 2.10. The van der Waals surface area contributed by atoms with Crippen LogP contribution < -0.4 is 5.73 Å². The lowest BCUT2D eigenvalue weighted by molar-refractivity contribution is -0.141. The van der Waals surface area contributed by atoms with Crippen LogP contribution in [0, 0.1) is 11.8 Å². The zero-order valence-corrected chi connectivity index (χ0v) is 9.41. The van der Waals surface area contributed by atoms with E-state index in [1.807, 2.05) is 0 Å². The fourth-order valence-electron chi connectivity index (χ4n) is 0.901. The first-order valence-electron chi connectivity index (χ1n) is 4.56. The van der Waals surface area contributed by atoms with Crippen LogP contribution in [0.25, 0.3) is 0 Å². The normalized spacial score (nSPS) is 9.12. The molecule has 0 aliphatic carbocycles. The molecular formula is C10H10ClN3O2. The van der Waals surface area contributed by atoms with E-state index >= 15 is 0 Å². The Morgan fingerprint density at radius 2 is 2.38 bits per heavy atom. The molecule has 0 amide bonds. The molecule has 0 bridgehead atoms. The lowest BCUT2D eigenvalue weighted by Crippen LogP contribution is -2.02. The number of aromatic nitrogens is 2. The van der Waals surface area contributed by atoms with Gasteiger partial charge in [0.25, 0.3) is 0 Å². The van der Waals surface area contributed by atoms with Crippen molar-refractivity contribution >= 4 is 23.4 Å². The van der Waals surface area contributed by atoms with Crippen molar-refractivity contribution in [2.75, 3.05) is 12.3 Å². The van der Waals surface area contributed by atoms with Gasteiger partial charge in [-0.25, -0.2) is 0 Å². The largest absolute Gasteiger partial charge is 0.465 e. The Morgan fingerprint density at radius 3 is 3.06 bits per heavy atom. The number of nitrogen functional groups attached to an aromatic ring is 1. The quantitative estimate of drug-likeness (QED) is 0.616. The molecule has 0 saturated heterocycles. The van der Waals surface area contributed by atoms with Gasteiger partial charge in [0.1, 0.15) is 6.42 Å². The predicted octanol–water partition coefficient (Wildman–Crippen LogP) is 1.02. The van der Waals surface area contributed by atoms with E-state index < -0.39 is 0 Å². The summed E-state index contributed by atoms with van der Waals surface area (Å²) in [6, 6.07) is 1.49. The molecule has 0 aromatic carbocycles. The van der Waals surface area contributed by atoms with E-state index in [4.69, 9.17) is 22.1 Å². The van der Waals surface area contributed by atoms with Crippen LogP contribution in [0.15, 0.2) is 6.07 Å². The molecule has 5 nitrogen and oxygen atoms in total. The molecule has 1 aromatic heterocycles. The van der Waals surface area contributed by atoms with E-state index in [0.717, 1.165) is 0 Å². The van der Waals surface area contributed by atoms with Gasteiger partial charge in [0, 0.05) is 0 Å². The molecule has 0 fully saturated rings. The summed E-state index contributed by atoms with van der Waals surface area (Å²) in [7, 11) is 0. The molecule has 6 heteroatoms. The van der Waals surface area contributed by atoms with Crippen molar-refractivity contribution in [1.82, 2.24) is 10.2 Å². The average molecular weight is 240 g/mol. The molecule has 16 heavy (non-hydrogen) atoms. The number of anilines is 1. The molecule has 0 aliphatic heterocycles. The van der Waals surface area contributed by atoms with Crippen LogP contribution in [0.4, 0.5) is 5.82 Å². The number of nitrogens with two attached hydrogens (primary N) is 1. The highest BCUT2D eigenvalue weighted by atomic mass is 35.5. The summed E-state index contributed by atoms with van der Waals surface area (Å²) in [6.07, 6.45) is 0.00716. The molecule has 0 saturated carbocycles. The number of esters is 1. The number of halogens is 1. The third-order valence-corrected chi connectivity index (χ3v) is 1.74. The first-order valence-corrected chi connectivity index (χ1v) is 4.94. The zero-order chi connectivity index (χ0) is 12.0. The minimum absolute atomic E-state index is 0.00716. The van der Waals surface area contributed by atoms with E-state index in [0.29, 0.717) is 12.2 Å². The summed E-state index contributed by atoms with van der Waals surface area (Å²) in [5.74, 6) is 5.11. The van der Waals surface area contributed by atoms with Crippen LogP contribution in [0.5, 0.6) is 0 Å². The Balaban J connectivity index is 2.69. The molecule has 0 radical (unpaired) electrons. The van der Waals surface area contributed by atoms with Crippen LogP contribution in [-0.4, -0.2) is 22.8 Å². The molecule has 84 valence electrons. The van der Waals surface area contributed by atoms with Crippen LogP contribution in [0.1, 0.15) is 18.9 Å². The van der Waals surface area contributed by atoms with E-state index in [1.165, 1.54) is 6.07 Å². The molecule has 1 aromatic rings. The van der Waals surface area contributed by atoms with Crippen LogP contribution in [0.2, 0.25) is 5.15 Å². The predicted molar refractivity (Wildman–Crippen MR) is 59.6 cm³/mol. The molecule has 0 aliphatic rings. The number of nitrogens with zero attached hydrogens (tertiary/aromatic N) is 2. The minimum Gasteiger partial charge on any atom is -0.465 e. The lowest BCUT2D eigenvalue weighted by atomic mass is 10.3. The van der Waals surface area contributed by atoms with E-state index in [9.17, 15) is 4.79 Å². The third kappa shape index (κ3) is 3.75. The Hall–Kier alpha value is -1.80. The van der Waals surface area contributed by atoms with Crippen LogP contribution in [-0.2, 0) is 9.53 Å². The summed E-state index contributed by atoms with van der Waals surface area (Å²) in [5.41, 5.74) is 5.96. The van der Waals surface area contributed by atoms with Gasteiger partial charge in [-0.2, -0.15) is 0 Å². The van der Waals surface area contributed by atoms with E-state index in [-0.39, 0.29) is 23.4 Å². The van der Waals surface area contributed by atoms with Gasteiger partial charge in [-0.1, -0.05) is 23.4 Å². The van der Waals surface area contributed by atoms with Gasteiger partial charge >= 0.3 is 5.97 Å². The second kappa shape index (κ2) is 5.93. The van der Waals surface area contributed by atoms with Crippen molar-refractivity contribution in [3.63, 3.8) is 0 Å². The number of hydrogen-bond acceptors (Lipinski definition) is 5. The van der Waals surface area contributed by atoms with Gasteiger partial charge in [0.2, 0.25) is 0 Å². The van der Waals surface area contributed by atoms with Gasteiger partial charge in [-0.05, 0) is 13.0 Å². The highest BCUT2D eigenvalue weighted by molar-refractivity contribution is 6.29. The lowest BCUT2D eigenvalue weighted by Gasteiger charge is -1.96. The SMILES string of the molecule is CCOC(=O)CC#Cc1cc(Cl)nnc1N. The maximum absolute atomic E-state index is 11.0. The van der Waals surface area contributed by atoms with Crippen molar-refractivity contribution in [2.24, 2.45) is 0 Å². The van der Waals surface area contributed by atoms with Gasteiger partial charge in [0.15, 0.2) is 11.0 Å². The maximum Gasteiger partial charge on any atom is 0.317 e. The second-order valence-corrected chi connectivity index (χ2v) is 3.14. The summed E-state index contributed by atoms with van der Waals surface area (Å²) in [6.45, 7) is 2.07. The van der Waals surface area contributed by atoms with E-state index in [1.54, 1.807) is 6.92 Å². The fraction of sp³-hybridized carbons (Fsp3) is 0.300. The van der Waals surface area contributed by atoms with E-state index in [2.05, 4.69) is 22.0 Å². The minimum atomic E-state index is -0.373. The van der Waals surface area contributed by atoms with Crippen molar-refractivity contribution in [3.05, 3.63) is 16.8 Å². The Kier molecular flexibility index (Phi) is 4.55. The summed E-state index contributed by atoms with van der Waals surface area (Å²) < 4.78 is 4.71. The van der Waals surface area contributed by atoms with Gasteiger partial charge in [-0.3, -0.25) is 4.79 Å². The number of carbonyl (C=O) groups is 1. The number of carbonyl (C=O) groups excluding carboxylic acids is 1. The fourth-order valence-corrected chi connectivity index (χ4v) is 1.05. The summed E-state index contributed by atoms with van der Waals surface area (Å²) >= 11 is 5.62. The topological polar surface area (TPSA) is 78.1 Å². The van der Waals surface area contributed by atoms with Gasteiger partial charge < -0.3 is 10.5 Å². The highest BCUT2D eigenvalue weighted by Gasteiger charge is 2.00. The monoisotopic (exact) mass is 239 g/mol. The van der Waals surface area contributed by atoms with Crippen LogP contribution >= 0.6 is 11.6 Å². The Bertz CT molecular complexity index is 451. The Morgan fingerprint density at radius 1 is 1.62 bits per heavy atom. The molecule has 0 atom stereocenters. The molecule has 0 spiro atoms. The number of ether oxygens (including phenoxy) is 1. The molecule has 2 N–H and O–H groups in total. The van der Waals surface area contributed by atoms with Crippen LogP contribution in [0.3, 0.4) is 0 Å². The number of hydrogen-bond donors (Lipinski definition) is 1. The standard InChI is InChI=1S/C10H10ClN3O2/c1-2-16-9(15)5-3-4-7-6-8(11)13-14-10(7)12/h6H,2,5H2,1H3,(H2,12,14). The third-order valence-electron chi connectivity index (χ3n) is 1.55. The number of rotatable bonds is 2. The molecule has 0 unspecified atom stereocenters. The first kappa shape index (κ1) is 12.3. The second-order valence-electron chi connectivity index (χ2n) is 2.75. The zero-order valence-electron chi connectivity index (χ0n) is 8.66. The average Bonchev–Trinajstić information content (AvgIpc) is 2.23.